The number of hydrogen-bond donors (Lipinski definition) is 1. The number of pyridine rings is 1. The lowest BCUT2D eigenvalue weighted by atomic mass is 10.1. The van der Waals surface area contributed by atoms with Crippen molar-refractivity contribution < 1.29 is 9.32 Å². The van der Waals surface area contributed by atoms with Crippen LogP contribution in [0.15, 0.2) is 53.6 Å². The maximum absolute atomic E-state index is 12.6. The Morgan fingerprint density at radius 2 is 1.93 bits per heavy atom. The summed E-state index contributed by atoms with van der Waals surface area (Å²) in [5.74, 6) is 1.39. The molecular weight excluding hydrogens is 368 g/mol. The standard InChI is InChI=1S/C21H20N6O2/c1-4-18-25-21(29-26-18)15-5-6-22-19(10-15)27-11-17(23-12-27)20(28)24-16-8-13(2)7-14(3)9-16/h5-12H,4H2,1-3H3,(H,24,28). The molecule has 4 rings (SSSR count). The van der Waals surface area contributed by atoms with Gasteiger partial charge in [-0.1, -0.05) is 18.1 Å². The van der Waals surface area contributed by atoms with Crippen LogP contribution in [0.4, 0.5) is 5.69 Å². The van der Waals surface area contributed by atoms with E-state index in [1.165, 1.54) is 0 Å². The summed E-state index contributed by atoms with van der Waals surface area (Å²) in [6.07, 6.45) is 5.53. The number of nitrogens with one attached hydrogen (secondary N) is 1. The lowest BCUT2D eigenvalue weighted by molar-refractivity contribution is 0.102. The second-order valence-corrected chi connectivity index (χ2v) is 6.77. The number of nitrogens with zero attached hydrogens (tertiary/aromatic N) is 5. The van der Waals surface area contributed by atoms with Crippen molar-refractivity contribution in [3.8, 4) is 17.3 Å². The van der Waals surface area contributed by atoms with Gasteiger partial charge in [-0.15, -0.1) is 0 Å². The second kappa shape index (κ2) is 7.67. The quantitative estimate of drug-likeness (QED) is 0.559. The Morgan fingerprint density at radius 1 is 1.14 bits per heavy atom. The van der Waals surface area contributed by atoms with E-state index < -0.39 is 0 Å². The molecule has 0 aliphatic rings. The molecule has 8 nitrogen and oxygen atoms in total. The zero-order chi connectivity index (χ0) is 20.4. The van der Waals surface area contributed by atoms with Crippen LogP contribution in [0.25, 0.3) is 17.3 Å². The van der Waals surface area contributed by atoms with E-state index in [1.807, 2.05) is 32.9 Å². The summed E-state index contributed by atoms with van der Waals surface area (Å²) >= 11 is 0. The smallest absolute Gasteiger partial charge is 0.275 e. The first-order valence-electron chi connectivity index (χ1n) is 9.25. The van der Waals surface area contributed by atoms with Gasteiger partial charge < -0.3 is 9.84 Å². The number of rotatable bonds is 5. The van der Waals surface area contributed by atoms with Gasteiger partial charge in [-0.25, -0.2) is 9.97 Å². The van der Waals surface area contributed by atoms with E-state index in [4.69, 9.17) is 4.52 Å². The molecule has 3 aromatic heterocycles. The van der Waals surface area contributed by atoms with Crippen molar-refractivity contribution in [2.24, 2.45) is 0 Å². The van der Waals surface area contributed by atoms with Gasteiger partial charge in [0.2, 0.25) is 0 Å². The number of aryl methyl sites for hydroxylation is 3. The Balaban J connectivity index is 1.55. The third-order valence-electron chi connectivity index (χ3n) is 4.34. The van der Waals surface area contributed by atoms with E-state index in [0.717, 1.165) is 22.4 Å². The van der Waals surface area contributed by atoms with E-state index in [9.17, 15) is 4.79 Å². The minimum Gasteiger partial charge on any atom is -0.334 e. The van der Waals surface area contributed by atoms with Crippen LogP contribution in [0.3, 0.4) is 0 Å². The number of imidazole rings is 1. The third kappa shape index (κ3) is 4.06. The molecule has 1 aromatic carbocycles. The van der Waals surface area contributed by atoms with Crippen LogP contribution in [0.5, 0.6) is 0 Å². The topological polar surface area (TPSA) is 98.7 Å². The number of hydrogen-bond acceptors (Lipinski definition) is 6. The molecule has 0 atom stereocenters. The molecule has 0 unspecified atom stereocenters. The number of carbonyl (C=O) groups excluding carboxylic acids is 1. The summed E-state index contributed by atoms with van der Waals surface area (Å²) in [5.41, 5.74) is 3.95. The summed E-state index contributed by atoms with van der Waals surface area (Å²) in [5, 5.41) is 6.80. The average molecular weight is 388 g/mol. The summed E-state index contributed by atoms with van der Waals surface area (Å²) in [6.45, 7) is 5.94. The molecule has 0 radical (unpaired) electrons. The number of benzene rings is 1. The molecule has 0 aliphatic carbocycles. The monoisotopic (exact) mass is 388 g/mol. The van der Waals surface area contributed by atoms with Gasteiger partial charge in [0.25, 0.3) is 11.8 Å². The molecule has 8 heteroatoms. The lowest BCUT2D eigenvalue weighted by Crippen LogP contribution is -2.12. The molecule has 29 heavy (non-hydrogen) atoms. The van der Waals surface area contributed by atoms with E-state index in [1.54, 1.807) is 35.4 Å². The van der Waals surface area contributed by atoms with Crippen LogP contribution in [0, 0.1) is 13.8 Å². The fourth-order valence-electron chi connectivity index (χ4n) is 3.01. The molecule has 4 aromatic rings. The highest BCUT2D eigenvalue weighted by atomic mass is 16.5. The molecule has 0 fully saturated rings. The minimum atomic E-state index is -0.283. The maximum atomic E-state index is 12.6. The molecule has 3 heterocycles. The van der Waals surface area contributed by atoms with Gasteiger partial charge in [0, 0.05) is 30.1 Å². The van der Waals surface area contributed by atoms with Gasteiger partial charge >= 0.3 is 0 Å². The second-order valence-electron chi connectivity index (χ2n) is 6.77. The van der Waals surface area contributed by atoms with Gasteiger partial charge in [-0.3, -0.25) is 9.36 Å². The Labute approximate surface area is 167 Å². The summed E-state index contributed by atoms with van der Waals surface area (Å²) in [4.78, 5) is 25.5. The van der Waals surface area contributed by atoms with Gasteiger partial charge in [0.05, 0.1) is 0 Å². The Kier molecular flexibility index (Phi) is 4.90. The first-order chi connectivity index (χ1) is 14.0. The zero-order valence-corrected chi connectivity index (χ0v) is 16.4. The highest BCUT2D eigenvalue weighted by Crippen LogP contribution is 2.20. The van der Waals surface area contributed by atoms with Crippen LogP contribution in [-0.4, -0.2) is 30.6 Å². The molecule has 0 saturated carbocycles. The van der Waals surface area contributed by atoms with Crippen LogP contribution < -0.4 is 5.32 Å². The lowest BCUT2D eigenvalue weighted by Gasteiger charge is -2.06. The fraction of sp³-hybridized carbons (Fsp3) is 0.190. The Morgan fingerprint density at radius 3 is 2.66 bits per heavy atom. The maximum Gasteiger partial charge on any atom is 0.275 e. The number of anilines is 1. The zero-order valence-electron chi connectivity index (χ0n) is 16.4. The summed E-state index contributed by atoms with van der Waals surface area (Å²) in [7, 11) is 0. The van der Waals surface area contributed by atoms with Crippen LogP contribution in [0.1, 0.15) is 34.4 Å². The largest absolute Gasteiger partial charge is 0.334 e. The predicted molar refractivity (Wildman–Crippen MR) is 108 cm³/mol. The summed E-state index contributed by atoms with van der Waals surface area (Å²) < 4.78 is 6.96. The highest BCUT2D eigenvalue weighted by molar-refractivity contribution is 6.02. The molecule has 146 valence electrons. The molecular formula is C21H20N6O2. The van der Waals surface area contributed by atoms with Crippen molar-refractivity contribution in [1.82, 2.24) is 24.7 Å². The van der Waals surface area contributed by atoms with E-state index in [2.05, 4.69) is 31.5 Å². The first-order valence-corrected chi connectivity index (χ1v) is 9.25. The molecule has 1 N–H and O–H groups in total. The van der Waals surface area contributed by atoms with E-state index in [0.29, 0.717) is 29.6 Å². The molecule has 0 saturated heterocycles. The van der Waals surface area contributed by atoms with E-state index >= 15 is 0 Å². The molecule has 0 aliphatic heterocycles. The van der Waals surface area contributed by atoms with Crippen molar-refractivity contribution in [3.63, 3.8) is 0 Å². The van der Waals surface area contributed by atoms with Crippen molar-refractivity contribution in [3.05, 3.63) is 71.7 Å². The highest BCUT2D eigenvalue weighted by Gasteiger charge is 2.13. The average Bonchev–Trinajstić information content (AvgIpc) is 3.37. The number of aromatic nitrogens is 5. The first kappa shape index (κ1) is 18.5. The minimum absolute atomic E-state index is 0.283. The van der Waals surface area contributed by atoms with Gasteiger partial charge in [0.15, 0.2) is 5.82 Å². The van der Waals surface area contributed by atoms with Gasteiger partial charge in [0.1, 0.15) is 17.8 Å². The third-order valence-corrected chi connectivity index (χ3v) is 4.34. The van der Waals surface area contributed by atoms with Crippen LogP contribution >= 0.6 is 0 Å². The predicted octanol–water partition coefficient (Wildman–Crippen LogP) is 3.75. The van der Waals surface area contributed by atoms with Gasteiger partial charge in [-0.05, 0) is 49.2 Å². The molecule has 0 bridgehead atoms. The van der Waals surface area contributed by atoms with Crippen LogP contribution in [0.2, 0.25) is 0 Å². The number of carbonyl (C=O) groups is 1. The summed E-state index contributed by atoms with van der Waals surface area (Å²) in [6, 6.07) is 9.49. The molecule has 0 spiro atoms. The fourth-order valence-corrected chi connectivity index (χ4v) is 3.01. The SMILES string of the molecule is CCc1noc(-c2ccnc(-n3cnc(C(=O)Nc4cc(C)cc(C)c4)c3)c2)n1. The Hall–Kier alpha value is -3.81. The Bertz CT molecular complexity index is 1160. The molecule has 1 amide bonds. The van der Waals surface area contributed by atoms with Gasteiger partial charge in [-0.2, -0.15) is 4.98 Å². The van der Waals surface area contributed by atoms with Crippen molar-refractivity contribution in [1.29, 1.82) is 0 Å². The van der Waals surface area contributed by atoms with Crippen molar-refractivity contribution in [2.45, 2.75) is 27.2 Å². The number of amides is 1. The van der Waals surface area contributed by atoms with E-state index in [-0.39, 0.29) is 5.91 Å². The van der Waals surface area contributed by atoms with Crippen molar-refractivity contribution >= 4 is 11.6 Å². The normalized spacial score (nSPS) is 10.9. The van der Waals surface area contributed by atoms with Crippen molar-refractivity contribution in [2.75, 3.05) is 5.32 Å². The van der Waals surface area contributed by atoms with Crippen LogP contribution in [-0.2, 0) is 6.42 Å².